The molecular formula is C23H21ClN6O2. The number of hydroxylamine groups is 2. The highest BCUT2D eigenvalue weighted by Gasteiger charge is 2.37. The summed E-state index contributed by atoms with van der Waals surface area (Å²) in [7, 11) is 3.64. The average molecular weight is 449 g/mol. The number of carbonyl (C=O) groups is 1. The maximum atomic E-state index is 13.0. The molecule has 3 aliphatic rings. The van der Waals surface area contributed by atoms with Gasteiger partial charge in [-0.25, -0.2) is 9.98 Å². The van der Waals surface area contributed by atoms with Crippen LogP contribution in [-0.4, -0.2) is 56.6 Å². The number of hydrogen-bond donors (Lipinski definition) is 0. The molecule has 6 rings (SSSR count). The van der Waals surface area contributed by atoms with E-state index in [0.717, 1.165) is 18.8 Å². The van der Waals surface area contributed by atoms with Crippen molar-refractivity contribution in [3.63, 3.8) is 0 Å². The molecule has 4 heterocycles. The summed E-state index contributed by atoms with van der Waals surface area (Å²) < 4.78 is 1.91. The Labute approximate surface area is 190 Å². The van der Waals surface area contributed by atoms with Crippen molar-refractivity contribution in [2.45, 2.75) is 25.9 Å². The molecule has 0 fully saturated rings. The molecule has 1 atom stereocenters. The van der Waals surface area contributed by atoms with Crippen LogP contribution in [0.2, 0.25) is 5.02 Å². The van der Waals surface area contributed by atoms with Gasteiger partial charge in [-0.15, -0.1) is 5.06 Å². The number of benzene rings is 2. The number of aromatic nitrogens is 2. The van der Waals surface area contributed by atoms with Gasteiger partial charge in [0.2, 0.25) is 0 Å². The van der Waals surface area contributed by atoms with Crippen molar-refractivity contribution in [3.8, 4) is 5.69 Å². The lowest BCUT2D eigenvalue weighted by Crippen LogP contribution is -2.39. The monoisotopic (exact) mass is 448 g/mol. The Morgan fingerprint density at radius 3 is 2.53 bits per heavy atom. The van der Waals surface area contributed by atoms with Crippen LogP contribution in [0.15, 0.2) is 53.8 Å². The molecule has 0 saturated heterocycles. The van der Waals surface area contributed by atoms with Crippen molar-refractivity contribution < 1.29 is 9.63 Å². The number of aliphatic imine (C=N–C) groups is 1. The quantitative estimate of drug-likeness (QED) is 0.603. The zero-order chi connectivity index (χ0) is 22.0. The second kappa shape index (κ2) is 7.16. The van der Waals surface area contributed by atoms with Crippen LogP contribution in [0.25, 0.3) is 5.69 Å². The Morgan fingerprint density at radius 1 is 1.03 bits per heavy atom. The van der Waals surface area contributed by atoms with E-state index in [1.165, 1.54) is 11.1 Å². The van der Waals surface area contributed by atoms with Crippen LogP contribution in [0, 0.1) is 0 Å². The molecule has 1 amide bonds. The summed E-state index contributed by atoms with van der Waals surface area (Å²) >= 11 is 6.38. The van der Waals surface area contributed by atoms with Gasteiger partial charge in [-0.05, 0) is 23.3 Å². The van der Waals surface area contributed by atoms with Crippen molar-refractivity contribution in [2.24, 2.45) is 4.99 Å². The van der Waals surface area contributed by atoms with Crippen molar-refractivity contribution in [1.29, 1.82) is 0 Å². The largest absolute Gasteiger partial charge is 0.380 e. The number of halogens is 1. The van der Waals surface area contributed by atoms with Crippen molar-refractivity contribution in [1.82, 2.24) is 24.4 Å². The van der Waals surface area contributed by atoms with Crippen LogP contribution >= 0.6 is 11.6 Å². The maximum Gasteiger partial charge on any atom is 0.264 e. The third-order valence-electron chi connectivity index (χ3n) is 6.25. The predicted molar refractivity (Wildman–Crippen MR) is 119 cm³/mol. The SMILES string of the molecule is CN1Cc2c(C3=NC(N4Cc5ccccc5C4)N(C)O3)ncn2-c2cccc(Cl)c2C1=O. The topological polar surface area (TPSA) is 66.2 Å². The number of nitrogens with zero attached hydrogens (tertiary/aromatic N) is 6. The first-order valence-corrected chi connectivity index (χ1v) is 10.8. The van der Waals surface area contributed by atoms with Crippen molar-refractivity contribution in [3.05, 3.63) is 81.9 Å². The Balaban J connectivity index is 1.38. The Morgan fingerprint density at radius 2 is 1.78 bits per heavy atom. The molecule has 3 aromatic rings. The van der Waals surface area contributed by atoms with E-state index < -0.39 is 0 Å². The highest BCUT2D eigenvalue weighted by atomic mass is 35.5. The van der Waals surface area contributed by atoms with Crippen LogP contribution in [0.5, 0.6) is 0 Å². The molecule has 0 aliphatic carbocycles. The van der Waals surface area contributed by atoms with E-state index in [-0.39, 0.29) is 12.2 Å². The summed E-state index contributed by atoms with van der Waals surface area (Å²) in [5.41, 5.74) is 5.27. The fraction of sp³-hybridized carbons (Fsp3) is 0.261. The third kappa shape index (κ3) is 2.87. The fourth-order valence-corrected chi connectivity index (χ4v) is 4.91. The van der Waals surface area contributed by atoms with Gasteiger partial charge in [-0.2, -0.15) is 0 Å². The van der Waals surface area contributed by atoms with E-state index in [2.05, 4.69) is 34.1 Å². The highest BCUT2D eigenvalue weighted by Crippen LogP contribution is 2.32. The molecule has 0 spiro atoms. The van der Waals surface area contributed by atoms with E-state index in [1.54, 1.807) is 29.4 Å². The first-order valence-electron chi connectivity index (χ1n) is 10.4. The molecule has 0 radical (unpaired) electrons. The van der Waals surface area contributed by atoms with Crippen LogP contribution in [0.4, 0.5) is 0 Å². The highest BCUT2D eigenvalue weighted by molar-refractivity contribution is 6.34. The van der Waals surface area contributed by atoms with Gasteiger partial charge in [-0.3, -0.25) is 14.3 Å². The molecule has 2 aromatic carbocycles. The molecule has 3 aliphatic heterocycles. The normalized spacial score (nSPS) is 20.5. The van der Waals surface area contributed by atoms with Crippen molar-refractivity contribution >= 4 is 23.4 Å². The Hall–Kier alpha value is -3.20. The second-order valence-electron chi connectivity index (χ2n) is 8.30. The van der Waals surface area contributed by atoms with E-state index in [4.69, 9.17) is 21.4 Å². The summed E-state index contributed by atoms with van der Waals surface area (Å²) in [5.74, 6) is 0.327. The first kappa shape index (κ1) is 19.5. The lowest BCUT2D eigenvalue weighted by atomic mass is 10.1. The van der Waals surface area contributed by atoms with Gasteiger partial charge < -0.3 is 9.74 Å². The van der Waals surface area contributed by atoms with Gasteiger partial charge in [-0.1, -0.05) is 41.9 Å². The lowest BCUT2D eigenvalue weighted by Gasteiger charge is -2.24. The molecule has 162 valence electrons. The molecule has 1 aromatic heterocycles. The van der Waals surface area contributed by atoms with Crippen molar-refractivity contribution in [2.75, 3.05) is 14.1 Å². The molecule has 0 N–H and O–H groups in total. The van der Waals surface area contributed by atoms with E-state index >= 15 is 0 Å². The van der Waals surface area contributed by atoms with Gasteiger partial charge in [0, 0.05) is 27.2 Å². The number of hydrogen-bond acceptors (Lipinski definition) is 6. The van der Waals surface area contributed by atoms with E-state index in [1.807, 2.05) is 23.7 Å². The first-order chi connectivity index (χ1) is 15.5. The predicted octanol–water partition coefficient (Wildman–Crippen LogP) is 3.03. The maximum absolute atomic E-state index is 13.0. The molecule has 0 bridgehead atoms. The average Bonchev–Trinajstić information content (AvgIpc) is 3.47. The summed E-state index contributed by atoms with van der Waals surface area (Å²) in [6.07, 6.45) is 1.46. The molecule has 32 heavy (non-hydrogen) atoms. The Bertz CT molecular complexity index is 1260. The van der Waals surface area contributed by atoms with E-state index in [9.17, 15) is 4.79 Å². The lowest BCUT2D eigenvalue weighted by molar-refractivity contribution is -0.110. The number of fused-ring (bicyclic) bond motifs is 4. The van der Waals surface area contributed by atoms with Gasteiger partial charge in [0.05, 0.1) is 28.5 Å². The summed E-state index contributed by atoms with van der Waals surface area (Å²) in [6.45, 7) is 2.00. The number of carbonyl (C=O) groups excluding carboxylic acids is 1. The number of imidazole rings is 1. The van der Waals surface area contributed by atoms with Gasteiger partial charge >= 0.3 is 0 Å². The molecular weight excluding hydrogens is 428 g/mol. The summed E-state index contributed by atoms with van der Waals surface area (Å²) in [4.78, 5) is 32.4. The molecule has 9 heteroatoms. The minimum atomic E-state index is -0.248. The molecule has 0 saturated carbocycles. The van der Waals surface area contributed by atoms with Gasteiger partial charge in [0.15, 0.2) is 12.0 Å². The second-order valence-corrected chi connectivity index (χ2v) is 8.70. The van der Waals surface area contributed by atoms with E-state index in [0.29, 0.717) is 34.4 Å². The summed E-state index contributed by atoms with van der Waals surface area (Å²) in [6, 6.07) is 13.9. The molecule has 1 unspecified atom stereocenters. The van der Waals surface area contributed by atoms with Crippen LogP contribution in [-0.2, 0) is 24.5 Å². The standard InChI is InChI=1S/C23H21ClN6O2/c1-27-12-18-20(25-13-30(18)17-9-5-8-16(24)19(17)22(27)31)21-26-23(28(2)32-21)29-10-14-6-3-4-7-15(14)11-29/h3-9,13,23H,10-12H2,1-2H3. The van der Waals surface area contributed by atoms with Crippen LogP contribution in [0.1, 0.15) is 32.9 Å². The smallest absolute Gasteiger partial charge is 0.264 e. The minimum Gasteiger partial charge on any atom is -0.380 e. The van der Waals surface area contributed by atoms with Gasteiger partial charge in [0.25, 0.3) is 11.8 Å². The van der Waals surface area contributed by atoms with Gasteiger partial charge in [0.1, 0.15) is 6.33 Å². The molecule has 8 nitrogen and oxygen atoms in total. The zero-order valence-electron chi connectivity index (χ0n) is 17.7. The number of amides is 1. The minimum absolute atomic E-state index is 0.126. The fourth-order valence-electron chi connectivity index (χ4n) is 4.66. The van der Waals surface area contributed by atoms with Crippen LogP contribution in [0.3, 0.4) is 0 Å². The zero-order valence-corrected chi connectivity index (χ0v) is 18.5. The van der Waals surface area contributed by atoms with Crippen LogP contribution < -0.4 is 0 Å². The third-order valence-corrected chi connectivity index (χ3v) is 6.56. The Kier molecular flexibility index (Phi) is 4.36. The number of rotatable bonds is 2. The summed E-state index contributed by atoms with van der Waals surface area (Å²) in [5, 5.41) is 2.17.